The number of allylic oxidation sites excluding steroid dienone is 4. The molecule has 1 nitrogen and oxygen atoms in total. The van der Waals surface area contributed by atoms with Crippen molar-refractivity contribution >= 4 is 17.2 Å². The summed E-state index contributed by atoms with van der Waals surface area (Å²) in [6.07, 6.45) is 9.75. The topological polar surface area (TPSA) is 4.93 Å². The Balaban J connectivity index is 1.88. The largest absolute Gasteiger partial charge is 0.350 e. The van der Waals surface area contributed by atoms with Crippen LogP contribution < -0.4 is 0 Å². The number of aromatic nitrogens is 1. The van der Waals surface area contributed by atoms with Crippen LogP contribution in [0.1, 0.15) is 37.9 Å². The molecule has 1 aromatic heterocycles. The molecule has 0 N–H and O–H groups in total. The summed E-state index contributed by atoms with van der Waals surface area (Å²) in [4.78, 5) is 0. The lowest BCUT2D eigenvalue weighted by Crippen LogP contribution is -2.12. The zero-order valence-electron chi connectivity index (χ0n) is 13.8. The minimum Gasteiger partial charge on any atom is -0.350 e. The van der Waals surface area contributed by atoms with E-state index in [1.807, 2.05) is 0 Å². The Hall–Kier alpha value is -1.73. The lowest BCUT2D eigenvalue weighted by atomic mass is 9.86. The van der Waals surface area contributed by atoms with Crippen molar-refractivity contribution in [2.24, 2.45) is 5.41 Å². The highest BCUT2D eigenvalue weighted by Gasteiger charge is 2.33. The molecule has 0 amide bonds. The third-order valence-electron chi connectivity index (χ3n) is 4.94. The van der Waals surface area contributed by atoms with Gasteiger partial charge in [-0.2, -0.15) is 0 Å². The second-order valence-corrected chi connectivity index (χ2v) is 7.99. The van der Waals surface area contributed by atoms with E-state index in [4.69, 9.17) is 11.6 Å². The minimum atomic E-state index is 0.349. The summed E-state index contributed by atoms with van der Waals surface area (Å²) in [5, 5.41) is 0.961. The molecule has 0 spiro atoms. The van der Waals surface area contributed by atoms with Gasteiger partial charge in [0, 0.05) is 34.6 Å². The summed E-state index contributed by atoms with van der Waals surface area (Å²) in [6.45, 7) is 5.82. The molecule has 118 valence electrons. The fraction of sp³-hybridized carbons (Fsp3) is 0.333. The smallest absolute Gasteiger partial charge is 0.0277 e. The molecule has 0 unspecified atom stereocenters. The number of hydrogen-bond donors (Lipinski definition) is 0. The maximum atomic E-state index is 6.15. The van der Waals surface area contributed by atoms with Gasteiger partial charge >= 0.3 is 0 Å². The number of rotatable bonds is 2. The van der Waals surface area contributed by atoms with E-state index >= 15 is 0 Å². The van der Waals surface area contributed by atoms with Gasteiger partial charge in [-0.15, -0.1) is 0 Å². The van der Waals surface area contributed by atoms with Crippen LogP contribution in [0.4, 0.5) is 0 Å². The molecule has 2 aliphatic rings. The fourth-order valence-electron chi connectivity index (χ4n) is 3.91. The average molecular weight is 324 g/mol. The first kappa shape index (κ1) is 14.8. The summed E-state index contributed by atoms with van der Waals surface area (Å²) in [5.41, 5.74) is 7.39. The predicted molar refractivity (Wildman–Crippen MR) is 98.5 cm³/mol. The van der Waals surface area contributed by atoms with Crippen molar-refractivity contribution in [3.05, 3.63) is 65.0 Å². The van der Waals surface area contributed by atoms with Crippen LogP contribution in [0.5, 0.6) is 0 Å². The lowest BCUT2D eigenvalue weighted by Gasteiger charge is -2.18. The molecule has 1 aliphatic carbocycles. The Morgan fingerprint density at radius 3 is 2.52 bits per heavy atom. The van der Waals surface area contributed by atoms with Gasteiger partial charge in [-0.05, 0) is 41.9 Å². The third-order valence-corrected chi connectivity index (χ3v) is 5.26. The summed E-state index contributed by atoms with van der Waals surface area (Å²) >= 11 is 6.15. The Morgan fingerprint density at radius 2 is 1.83 bits per heavy atom. The minimum absolute atomic E-state index is 0.349. The lowest BCUT2D eigenvalue weighted by molar-refractivity contribution is 0.359. The maximum absolute atomic E-state index is 6.15. The van der Waals surface area contributed by atoms with Gasteiger partial charge in [0.1, 0.15) is 0 Å². The van der Waals surface area contributed by atoms with Gasteiger partial charge in [0.05, 0.1) is 0 Å². The highest BCUT2D eigenvalue weighted by Crippen LogP contribution is 2.44. The van der Waals surface area contributed by atoms with Crippen molar-refractivity contribution in [1.82, 2.24) is 4.57 Å². The van der Waals surface area contributed by atoms with E-state index in [1.54, 1.807) is 0 Å². The Morgan fingerprint density at radius 1 is 1.04 bits per heavy atom. The molecule has 0 saturated heterocycles. The van der Waals surface area contributed by atoms with E-state index in [2.05, 4.69) is 67.1 Å². The van der Waals surface area contributed by atoms with Crippen molar-refractivity contribution in [3.8, 4) is 11.1 Å². The second kappa shape index (κ2) is 5.42. The molecule has 2 aromatic rings. The van der Waals surface area contributed by atoms with Gasteiger partial charge in [-0.25, -0.2) is 0 Å². The van der Waals surface area contributed by atoms with Crippen molar-refractivity contribution in [2.75, 3.05) is 0 Å². The molecule has 1 aromatic carbocycles. The summed E-state index contributed by atoms with van der Waals surface area (Å²) in [7, 11) is 0. The highest BCUT2D eigenvalue weighted by atomic mass is 35.5. The Labute approximate surface area is 143 Å². The molecule has 0 radical (unpaired) electrons. The standard InChI is InChI=1S/C21H22ClN/c1-21(2)12-19-20(16-6-4-3-5-7-16)18(13-23(19)14-21)15-8-10-17(22)11-9-15/h3-8,10,13H,9,11-12,14H2,1-2H3. The molecule has 0 fully saturated rings. The Kier molecular flexibility index (Phi) is 3.50. The van der Waals surface area contributed by atoms with Gasteiger partial charge in [-0.1, -0.05) is 61.9 Å². The van der Waals surface area contributed by atoms with Gasteiger partial charge < -0.3 is 4.57 Å². The van der Waals surface area contributed by atoms with E-state index in [0.717, 1.165) is 30.8 Å². The molecular formula is C21H22ClN. The van der Waals surface area contributed by atoms with E-state index in [1.165, 1.54) is 28.0 Å². The van der Waals surface area contributed by atoms with E-state index in [0.29, 0.717) is 5.41 Å². The van der Waals surface area contributed by atoms with Crippen LogP contribution in [0.2, 0.25) is 0 Å². The number of fused-ring (bicyclic) bond motifs is 1. The summed E-state index contributed by atoms with van der Waals surface area (Å²) in [5.74, 6) is 0. The van der Waals surface area contributed by atoms with E-state index < -0.39 is 0 Å². The molecule has 1 aliphatic heterocycles. The molecular weight excluding hydrogens is 302 g/mol. The number of nitrogens with zero attached hydrogens (tertiary/aromatic N) is 1. The quantitative estimate of drug-likeness (QED) is 0.635. The van der Waals surface area contributed by atoms with Crippen molar-refractivity contribution in [3.63, 3.8) is 0 Å². The molecule has 2 heterocycles. The van der Waals surface area contributed by atoms with Crippen LogP contribution in [-0.4, -0.2) is 4.57 Å². The number of benzene rings is 1. The van der Waals surface area contributed by atoms with E-state index in [-0.39, 0.29) is 0 Å². The Bertz CT molecular complexity index is 806. The van der Waals surface area contributed by atoms with Crippen LogP contribution in [0, 0.1) is 5.41 Å². The van der Waals surface area contributed by atoms with Gasteiger partial charge in [0.15, 0.2) is 0 Å². The molecule has 0 atom stereocenters. The molecule has 4 rings (SSSR count). The average Bonchev–Trinajstić information content (AvgIpc) is 3.00. The third kappa shape index (κ3) is 2.68. The van der Waals surface area contributed by atoms with Crippen LogP contribution in [0.3, 0.4) is 0 Å². The predicted octanol–water partition coefficient (Wildman–Crippen LogP) is 6.04. The van der Waals surface area contributed by atoms with Crippen LogP contribution in [0.15, 0.2) is 53.7 Å². The monoisotopic (exact) mass is 323 g/mol. The molecule has 23 heavy (non-hydrogen) atoms. The SMILES string of the molecule is CC1(C)Cc2c(-c3ccccc3)c(C3=CC=C(Cl)CC3)cn2C1. The normalized spacial score (nSPS) is 19.3. The molecule has 0 bridgehead atoms. The number of hydrogen-bond acceptors (Lipinski definition) is 0. The van der Waals surface area contributed by atoms with Gasteiger partial charge in [0.2, 0.25) is 0 Å². The van der Waals surface area contributed by atoms with E-state index in [9.17, 15) is 0 Å². The first-order chi connectivity index (χ1) is 11.0. The second-order valence-electron chi connectivity index (χ2n) is 7.50. The summed E-state index contributed by atoms with van der Waals surface area (Å²) in [6, 6.07) is 10.8. The summed E-state index contributed by atoms with van der Waals surface area (Å²) < 4.78 is 2.47. The van der Waals surface area contributed by atoms with Gasteiger partial charge in [-0.3, -0.25) is 0 Å². The molecule has 2 heteroatoms. The zero-order valence-corrected chi connectivity index (χ0v) is 14.5. The van der Waals surface area contributed by atoms with Crippen LogP contribution in [-0.2, 0) is 13.0 Å². The fourth-order valence-corrected chi connectivity index (χ4v) is 4.06. The van der Waals surface area contributed by atoms with Crippen molar-refractivity contribution in [1.29, 1.82) is 0 Å². The van der Waals surface area contributed by atoms with Gasteiger partial charge in [0.25, 0.3) is 0 Å². The highest BCUT2D eigenvalue weighted by molar-refractivity contribution is 6.30. The zero-order chi connectivity index (χ0) is 16.0. The van der Waals surface area contributed by atoms with Crippen LogP contribution in [0.25, 0.3) is 16.7 Å². The molecule has 0 saturated carbocycles. The maximum Gasteiger partial charge on any atom is 0.0277 e. The first-order valence-electron chi connectivity index (χ1n) is 8.36. The van der Waals surface area contributed by atoms with Crippen molar-refractivity contribution < 1.29 is 0 Å². The first-order valence-corrected chi connectivity index (χ1v) is 8.74. The van der Waals surface area contributed by atoms with Crippen LogP contribution >= 0.6 is 11.6 Å². The number of halogens is 1. The van der Waals surface area contributed by atoms with Crippen molar-refractivity contribution in [2.45, 2.75) is 39.7 Å².